The molecule has 2 aromatic carbocycles. The summed E-state index contributed by atoms with van der Waals surface area (Å²) in [4.78, 5) is 0. The van der Waals surface area contributed by atoms with Gasteiger partial charge in [-0.05, 0) is 63.8 Å². The smallest absolute Gasteiger partial charge is 0.350 e. The third-order valence-corrected chi connectivity index (χ3v) is 13.7. The summed E-state index contributed by atoms with van der Waals surface area (Å²) in [6.45, 7) is 13.9. The highest BCUT2D eigenvalue weighted by atomic mass is 79.9. The van der Waals surface area contributed by atoms with Gasteiger partial charge in [-0.1, -0.05) is 63.8 Å². The normalized spacial score (nSPS) is 18.8. The van der Waals surface area contributed by atoms with Crippen molar-refractivity contribution in [2.24, 2.45) is 0 Å². The van der Waals surface area contributed by atoms with Gasteiger partial charge in [-0.2, -0.15) is 0 Å². The highest BCUT2D eigenvalue weighted by molar-refractivity contribution is 9.25. The molecule has 0 aromatic heterocycles. The number of rotatable bonds is 1. The molecule has 0 fully saturated rings. The van der Waals surface area contributed by atoms with Gasteiger partial charge in [-0.25, -0.2) is 0 Å². The Morgan fingerprint density at radius 2 is 1.07 bits per heavy atom. The molecule has 0 saturated carbocycles. The first kappa shape index (κ1) is 18.8. The minimum absolute atomic E-state index is 0.0404. The molecule has 1 aliphatic heterocycles. The molecule has 0 atom stereocenters. The number of benzene rings is 2. The van der Waals surface area contributed by atoms with Crippen molar-refractivity contribution in [1.29, 1.82) is 0 Å². The highest BCUT2D eigenvalue weighted by Gasteiger charge is 2.60. The molecule has 1 heterocycles. The molecule has 0 amide bonds. The average molecular weight is 441 g/mol. The molecular formula is C23H29BrN2Si. The molecule has 2 aliphatic rings. The number of hydrogen-bond donors (Lipinski definition) is 0. The van der Waals surface area contributed by atoms with E-state index in [1.807, 2.05) is 0 Å². The summed E-state index contributed by atoms with van der Waals surface area (Å²) < 4.78 is 5.24. The Kier molecular flexibility index (Phi) is 4.17. The van der Waals surface area contributed by atoms with E-state index in [1.165, 1.54) is 22.3 Å². The van der Waals surface area contributed by atoms with Gasteiger partial charge in [-0.15, -0.1) is 0 Å². The molecule has 0 spiro atoms. The van der Waals surface area contributed by atoms with Crippen LogP contribution in [0.2, 0.25) is 0 Å². The average Bonchev–Trinajstić information content (AvgIpc) is 3.10. The molecule has 0 saturated heterocycles. The lowest BCUT2D eigenvalue weighted by Gasteiger charge is -2.52. The van der Waals surface area contributed by atoms with Crippen LogP contribution in [0.4, 0.5) is 0 Å². The maximum absolute atomic E-state index is 4.45. The van der Waals surface area contributed by atoms with E-state index in [0.717, 1.165) is 0 Å². The van der Waals surface area contributed by atoms with Crippen LogP contribution in [0.3, 0.4) is 0 Å². The Bertz CT molecular complexity index is 838. The summed E-state index contributed by atoms with van der Waals surface area (Å²) >= 11 is 4.45. The first-order valence-corrected chi connectivity index (χ1v) is 13.9. The Balaban J connectivity index is 1.99. The zero-order valence-corrected chi connectivity index (χ0v) is 19.7. The Morgan fingerprint density at radius 1 is 0.704 bits per heavy atom. The van der Waals surface area contributed by atoms with Gasteiger partial charge in [0.1, 0.15) is 0 Å². The minimum atomic E-state index is -2.32. The lowest BCUT2D eigenvalue weighted by atomic mass is 10.1. The van der Waals surface area contributed by atoms with Gasteiger partial charge in [0.05, 0.1) is 5.54 Å². The molecule has 0 N–H and O–H groups in total. The van der Waals surface area contributed by atoms with E-state index in [-0.39, 0.29) is 11.1 Å². The third-order valence-electron chi connectivity index (χ3n) is 5.69. The second kappa shape index (κ2) is 5.99. The predicted molar refractivity (Wildman–Crippen MR) is 121 cm³/mol. The minimum Gasteiger partial charge on any atom is -0.372 e. The van der Waals surface area contributed by atoms with Gasteiger partial charge in [0, 0.05) is 23.5 Å². The standard InChI is InChI=1S/C23H29BrN2Si/c1-22(2,3)25-15-16-26(23(4,5)6)27(25,24)21-19-13-9-7-11-17(19)18-12-8-10-14-20(18)21/h7-16,21H,1-6H3. The van der Waals surface area contributed by atoms with Crippen LogP contribution in [0.1, 0.15) is 58.2 Å². The summed E-state index contributed by atoms with van der Waals surface area (Å²) in [6, 6.07) is 17.9. The fraction of sp³-hybridized carbons (Fsp3) is 0.391. The van der Waals surface area contributed by atoms with Crippen LogP contribution < -0.4 is 0 Å². The van der Waals surface area contributed by atoms with E-state index in [0.29, 0.717) is 5.54 Å². The van der Waals surface area contributed by atoms with Crippen LogP contribution in [-0.2, 0) is 0 Å². The van der Waals surface area contributed by atoms with E-state index in [2.05, 4.69) is 127 Å². The fourth-order valence-corrected chi connectivity index (χ4v) is 14.6. The van der Waals surface area contributed by atoms with E-state index >= 15 is 0 Å². The van der Waals surface area contributed by atoms with Crippen molar-refractivity contribution in [3.8, 4) is 11.1 Å². The summed E-state index contributed by atoms with van der Waals surface area (Å²) in [5.74, 6) is 0. The van der Waals surface area contributed by atoms with Gasteiger partial charge in [-0.3, -0.25) is 0 Å². The Morgan fingerprint density at radius 3 is 1.44 bits per heavy atom. The summed E-state index contributed by atoms with van der Waals surface area (Å²) in [5, 5.41) is 0. The zero-order chi connectivity index (χ0) is 19.6. The number of halogens is 1. The lowest BCUT2D eigenvalue weighted by Crippen LogP contribution is -2.66. The molecule has 2 aromatic rings. The number of hydrogen-bond acceptors (Lipinski definition) is 2. The fourth-order valence-electron chi connectivity index (χ4n) is 4.68. The summed E-state index contributed by atoms with van der Waals surface area (Å²) in [6.07, 6.45) is 4.63. The van der Waals surface area contributed by atoms with Crippen molar-refractivity contribution in [2.75, 3.05) is 0 Å². The summed E-state index contributed by atoms with van der Waals surface area (Å²) in [5.41, 5.74) is 6.11. The quantitative estimate of drug-likeness (QED) is 0.375. The van der Waals surface area contributed by atoms with Crippen LogP contribution in [0.15, 0.2) is 60.9 Å². The Labute approximate surface area is 172 Å². The van der Waals surface area contributed by atoms with E-state index in [1.54, 1.807) is 0 Å². The van der Waals surface area contributed by atoms with Crippen molar-refractivity contribution in [3.63, 3.8) is 0 Å². The molecule has 4 heteroatoms. The number of fused-ring (bicyclic) bond motifs is 3. The van der Waals surface area contributed by atoms with E-state index in [4.69, 9.17) is 0 Å². The maximum atomic E-state index is 4.45. The maximum Gasteiger partial charge on any atom is 0.350 e. The van der Waals surface area contributed by atoms with Crippen LogP contribution in [0, 0.1) is 0 Å². The van der Waals surface area contributed by atoms with Gasteiger partial charge < -0.3 is 9.13 Å². The topological polar surface area (TPSA) is 6.48 Å². The lowest BCUT2D eigenvalue weighted by molar-refractivity contribution is 0.272. The molecule has 27 heavy (non-hydrogen) atoms. The van der Waals surface area contributed by atoms with Crippen LogP contribution in [0.5, 0.6) is 0 Å². The zero-order valence-electron chi connectivity index (χ0n) is 17.1. The van der Waals surface area contributed by atoms with Gasteiger partial charge in [0.2, 0.25) is 0 Å². The van der Waals surface area contributed by atoms with Crippen molar-refractivity contribution in [3.05, 3.63) is 72.1 Å². The van der Waals surface area contributed by atoms with E-state index in [9.17, 15) is 0 Å². The predicted octanol–water partition coefficient (Wildman–Crippen LogP) is 6.36. The molecule has 0 radical (unpaired) electrons. The second-order valence-electron chi connectivity index (χ2n) is 9.62. The van der Waals surface area contributed by atoms with Crippen molar-refractivity contribution in [1.82, 2.24) is 9.13 Å². The van der Waals surface area contributed by atoms with Crippen LogP contribution in [-0.4, -0.2) is 27.2 Å². The first-order chi connectivity index (χ1) is 12.6. The first-order valence-electron chi connectivity index (χ1n) is 9.70. The summed E-state index contributed by atoms with van der Waals surface area (Å²) in [7, 11) is -2.32. The molecule has 4 rings (SSSR count). The van der Waals surface area contributed by atoms with Crippen molar-refractivity contribution in [2.45, 2.75) is 58.2 Å². The van der Waals surface area contributed by atoms with Crippen molar-refractivity contribution >= 4 is 22.3 Å². The molecule has 0 bridgehead atoms. The molecule has 142 valence electrons. The third kappa shape index (κ3) is 2.72. The van der Waals surface area contributed by atoms with Crippen LogP contribution >= 0.6 is 15.3 Å². The van der Waals surface area contributed by atoms with E-state index < -0.39 is 7.02 Å². The van der Waals surface area contributed by atoms with Crippen molar-refractivity contribution < 1.29 is 0 Å². The SMILES string of the molecule is CC(C)(C)N1C=CN(C(C)(C)C)[Si]1(Br)C1c2ccccc2-c2ccccc21. The monoisotopic (exact) mass is 440 g/mol. The number of nitrogens with zero attached hydrogens (tertiary/aromatic N) is 2. The molecule has 2 nitrogen and oxygen atoms in total. The van der Waals surface area contributed by atoms with Crippen LogP contribution in [0.25, 0.3) is 11.1 Å². The molecule has 1 aliphatic carbocycles. The van der Waals surface area contributed by atoms with Gasteiger partial charge in [0.15, 0.2) is 0 Å². The molecular weight excluding hydrogens is 412 g/mol. The largest absolute Gasteiger partial charge is 0.372 e. The highest BCUT2D eigenvalue weighted by Crippen LogP contribution is 2.56. The molecule has 0 unspecified atom stereocenters. The second-order valence-corrected chi connectivity index (χ2v) is 15.9. The van der Waals surface area contributed by atoms with Gasteiger partial charge >= 0.3 is 7.02 Å². The van der Waals surface area contributed by atoms with Gasteiger partial charge in [0.25, 0.3) is 0 Å². The Hall–Kier alpha value is -1.52.